The minimum absolute atomic E-state index is 0.128. The molecule has 1 amide bonds. The van der Waals surface area contributed by atoms with Gasteiger partial charge in [0.1, 0.15) is 0 Å². The van der Waals surface area contributed by atoms with Crippen molar-refractivity contribution in [2.24, 2.45) is 11.7 Å². The van der Waals surface area contributed by atoms with Gasteiger partial charge in [0.05, 0.1) is 18.6 Å². The van der Waals surface area contributed by atoms with Crippen LogP contribution in [0.25, 0.3) is 0 Å². The van der Waals surface area contributed by atoms with Crippen LogP contribution in [0.1, 0.15) is 31.9 Å². The molecule has 3 unspecified atom stereocenters. The molecule has 1 aliphatic rings. The number of amides is 1. The Labute approximate surface area is 120 Å². The zero-order chi connectivity index (χ0) is 14.5. The highest BCUT2D eigenvalue weighted by Crippen LogP contribution is 2.22. The molecule has 0 bridgehead atoms. The Bertz CT molecular complexity index is 435. The molecule has 2 N–H and O–H groups in total. The lowest BCUT2D eigenvalue weighted by Crippen LogP contribution is -2.48. The number of nitrogens with zero attached hydrogens (tertiary/aromatic N) is 1. The maximum Gasteiger partial charge on any atom is 0.227 e. The van der Waals surface area contributed by atoms with Crippen LogP contribution in [0.3, 0.4) is 0 Å². The van der Waals surface area contributed by atoms with Gasteiger partial charge in [-0.3, -0.25) is 4.79 Å². The largest absolute Gasteiger partial charge is 0.375 e. The maximum atomic E-state index is 12.6. The van der Waals surface area contributed by atoms with Gasteiger partial charge in [0.2, 0.25) is 5.91 Å². The Hall–Kier alpha value is -1.39. The highest BCUT2D eigenvalue weighted by Gasteiger charge is 2.30. The average molecular weight is 276 g/mol. The van der Waals surface area contributed by atoms with Gasteiger partial charge in [-0.1, -0.05) is 44.2 Å². The predicted octanol–water partition coefficient (Wildman–Crippen LogP) is 1.96. The van der Waals surface area contributed by atoms with E-state index in [0.717, 1.165) is 12.0 Å². The van der Waals surface area contributed by atoms with E-state index in [0.29, 0.717) is 19.7 Å². The van der Waals surface area contributed by atoms with E-state index in [9.17, 15) is 4.79 Å². The number of carbonyl (C=O) groups excluding carboxylic acids is 1. The number of ether oxygens (including phenoxy) is 1. The second-order valence-corrected chi connectivity index (χ2v) is 5.41. The number of benzene rings is 1. The standard InChI is InChI=1S/C16H24N2O2/c1-3-14-11-18(9-10-20-14)16(19)12(2)15(17)13-7-5-4-6-8-13/h4-8,12,14-15H,3,9-11,17H2,1-2H3. The van der Waals surface area contributed by atoms with Crippen molar-refractivity contribution in [3.05, 3.63) is 35.9 Å². The van der Waals surface area contributed by atoms with E-state index in [1.807, 2.05) is 42.2 Å². The molecule has 110 valence electrons. The third-order valence-electron chi connectivity index (χ3n) is 4.02. The first-order valence-electron chi connectivity index (χ1n) is 7.34. The summed E-state index contributed by atoms with van der Waals surface area (Å²) in [5.74, 6) is -0.0869. The number of rotatable bonds is 4. The maximum absolute atomic E-state index is 12.6. The molecule has 1 saturated heterocycles. The summed E-state index contributed by atoms with van der Waals surface area (Å²) in [4.78, 5) is 14.5. The van der Waals surface area contributed by atoms with Crippen molar-refractivity contribution in [3.8, 4) is 0 Å². The Morgan fingerprint density at radius 1 is 1.45 bits per heavy atom. The van der Waals surface area contributed by atoms with Gasteiger partial charge in [-0.05, 0) is 12.0 Å². The van der Waals surface area contributed by atoms with Gasteiger partial charge in [-0.25, -0.2) is 0 Å². The molecule has 0 saturated carbocycles. The minimum atomic E-state index is -0.258. The molecule has 0 spiro atoms. The average Bonchev–Trinajstić information content (AvgIpc) is 2.53. The summed E-state index contributed by atoms with van der Waals surface area (Å²) < 4.78 is 5.61. The fraction of sp³-hybridized carbons (Fsp3) is 0.562. The van der Waals surface area contributed by atoms with Crippen molar-refractivity contribution >= 4 is 5.91 Å². The summed E-state index contributed by atoms with van der Waals surface area (Å²) in [6.45, 7) is 5.97. The second-order valence-electron chi connectivity index (χ2n) is 5.41. The Morgan fingerprint density at radius 2 is 2.15 bits per heavy atom. The van der Waals surface area contributed by atoms with Gasteiger partial charge < -0.3 is 15.4 Å². The van der Waals surface area contributed by atoms with Crippen molar-refractivity contribution in [1.29, 1.82) is 0 Å². The first-order chi connectivity index (χ1) is 9.63. The van der Waals surface area contributed by atoms with Crippen LogP contribution in [0, 0.1) is 5.92 Å². The third-order valence-corrected chi connectivity index (χ3v) is 4.02. The fourth-order valence-corrected chi connectivity index (χ4v) is 2.57. The van der Waals surface area contributed by atoms with Crippen LogP contribution in [0.15, 0.2) is 30.3 Å². The Balaban J connectivity index is 2.01. The molecule has 1 fully saturated rings. The quantitative estimate of drug-likeness (QED) is 0.914. The summed E-state index contributed by atoms with van der Waals surface area (Å²) in [7, 11) is 0. The molecule has 4 nitrogen and oxygen atoms in total. The van der Waals surface area contributed by atoms with Crippen LogP contribution in [0.4, 0.5) is 0 Å². The number of morpholine rings is 1. The van der Waals surface area contributed by atoms with Gasteiger partial charge in [0.15, 0.2) is 0 Å². The fourth-order valence-electron chi connectivity index (χ4n) is 2.57. The van der Waals surface area contributed by atoms with Crippen molar-refractivity contribution in [2.45, 2.75) is 32.4 Å². The molecule has 0 radical (unpaired) electrons. The lowest BCUT2D eigenvalue weighted by atomic mass is 9.94. The molecule has 1 aliphatic heterocycles. The van der Waals surface area contributed by atoms with E-state index >= 15 is 0 Å². The summed E-state index contributed by atoms with van der Waals surface area (Å²) >= 11 is 0. The van der Waals surface area contributed by atoms with Crippen LogP contribution >= 0.6 is 0 Å². The van der Waals surface area contributed by atoms with E-state index < -0.39 is 0 Å². The number of hydrogen-bond acceptors (Lipinski definition) is 3. The van der Waals surface area contributed by atoms with Crippen molar-refractivity contribution in [1.82, 2.24) is 4.90 Å². The molecule has 3 atom stereocenters. The summed E-state index contributed by atoms with van der Waals surface area (Å²) in [6, 6.07) is 9.55. The van der Waals surface area contributed by atoms with E-state index in [1.54, 1.807) is 0 Å². The first-order valence-corrected chi connectivity index (χ1v) is 7.34. The molecule has 0 aromatic heterocycles. The first kappa shape index (κ1) is 15.0. The van der Waals surface area contributed by atoms with Gasteiger partial charge in [0, 0.05) is 19.1 Å². The SMILES string of the molecule is CCC1CN(C(=O)C(C)C(N)c2ccccc2)CCO1. The van der Waals surface area contributed by atoms with Crippen molar-refractivity contribution in [3.63, 3.8) is 0 Å². The molecular formula is C16H24N2O2. The minimum Gasteiger partial charge on any atom is -0.375 e. The molecule has 1 aromatic carbocycles. The number of hydrogen-bond donors (Lipinski definition) is 1. The van der Waals surface area contributed by atoms with E-state index in [1.165, 1.54) is 0 Å². The smallest absolute Gasteiger partial charge is 0.227 e. The Kier molecular flexibility index (Phi) is 5.15. The number of nitrogens with two attached hydrogens (primary N) is 1. The monoisotopic (exact) mass is 276 g/mol. The highest BCUT2D eigenvalue weighted by molar-refractivity contribution is 5.79. The van der Waals surface area contributed by atoms with E-state index in [4.69, 9.17) is 10.5 Å². The summed E-state index contributed by atoms with van der Waals surface area (Å²) in [5.41, 5.74) is 7.24. The second kappa shape index (κ2) is 6.86. The van der Waals surface area contributed by atoms with E-state index in [-0.39, 0.29) is 24.0 Å². The van der Waals surface area contributed by atoms with Gasteiger partial charge in [-0.15, -0.1) is 0 Å². The molecule has 2 rings (SSSR count). The van der Waals surface area contributed by atoms with Gasteiger partial charge in [0.25, 0.3) is 0 Å². The molecule has 1 aromatic rings. The van der Waals surface area contributed by atoms with Crippen LogP contribution in [0.5, 0.6) is 0 Å². The Morgan fingerprint density at radius 3 is 2.80 bits per heavy atom. The molecular weight excluding hydrogens is 252 g/mol. The molecule has 0 aliphatic carbocycles. The third kappa shape index (κ3) is 3.38. The van der Waals surface area contributed by atoms with Gasteiger partial charge >= 0.3 is 0 Å². The molecule has 1 heterocycles. The topological polar surface area (TPSA) is 55.6 Å². The lowest BCUT2D eigenvalue weighted by Gasteiger charge is -2.35. The van der Waals surface area contributed by atoms with Crippen LogP contribution in [-0.2, 0) is 9.53 Å². The highest BCUT2D eigenvalue weighted by atomic mass is 16.5. The van der Waals surface area contributed by atoms with Crippen LogP contribution in [0.2, 0.25) is 0 Å². The van der Waals surface area contributed by atoms with Crippen LogP contribution < -0.4 is 5.73 Å². The molecule has 20 heavy (non-hydrogen) atoms. The van der Waals surface area contributed by atoms with Crippen molar-refractivity contribution in [2.75, 3.05) is 19.7 Å². The van der Waals surface area contributed by atoms with Crippen molar-refractivity contribution < 1.29 is 9.53 Å². The zero-order valence-electron chi connectivity index (χ0n) is 12.3. The van der Waals surface area contributed by atoms with Crippen LogP contribution in [-0.4, -0.2) is 36.6 Å². The summed E-state index contributed by atoms with van der Waals surface area (Å²) in [6.07, 6.45) is 1.09. The normalized spacial score (nSPS) is 22.4. The molecule has 4 heteroatoms. The lowest BCUT2D eigenvalue weighted by molar-refractivity contribution is -0.143. The zero-order valence-corrected chi connectivity index (χ0v) is 12.3. The summed E-state index contributed by atoms with van der Waals surface area (Å²) in [5, 5.41) is 0. The number of carbonyl (C=O) groups is 1. The van der Waals surface area contributed by atoms with Gasteiger partial charge in [-0.2, -0.15) is 0 Å². The predicted molar refractivity (Wildman–Crippen MR) is 79.1 cm³/mol. The van der Waals surface area contributed by atoms with E-state index in [2.05, 4.69) is 6.92 Å².